The summed E-state index contributed by atoms with van der Waals surface area (Å²) in [6, 6.07) is 20.3. The van der Waals surface area contributed by atoms with Crippen molar-refractivity contribution in [1.29, 1.82) is 0 Å². The van der Waals surface area contributed by atoms with Crippen LogP contribution >= 0.6 is 0 Å². The Bertz CT molecular complexity index is 1650. The molecule has 5 aromatic rings. The molecule has 3 aromatic carbocycles. The zero-order chi connectivity index (χ0) is 30.6. The number of ether oxygens (including phenoxy) is 1. The van der Waals surface area contributed by atoms with Crippen molar-refractivity contribution in [3.05, 3.63) is 143 Å². The van der Waals surface area contributed by atoms with Gasteiger partial charge in [-0.2, -0.15) is 0 Å². The maximum atomic E-state index is 12.9. The molecule has 0 fully saturated rings. The molecule has 12 heteroatoms. The fraction of sp³-hybridized carbons (Fsp3) is 0.156. The van der Waals surface area contributed by atoms with Crippen LogP contribution in [0, 0.1) is 5.82 Å². The minimum absolute atomic E-state index is 0. The summed E-state index contributed by atoms with van der Waals surface area (Å²) in [4.78, 5) is 40.9. The second-order valence-electron chi connectivity index (χ2n) is 9.55. The SMILES string of the molecule is COC(=O)c1ccc(Cn2cnc(C=O)c2)cc1.O=C(O)c1ccc(Cn2cnc(CNCc3ccc(F)cc3)c2)cc1.[K]. The van der Waals surface area contributed by atoms with E-state index in [0.717, 1.165) is 22.4 Å². The van der Waals surface area contributed by atoms with Gasteiger partial charge in [0.25, 0.3) is 0 Å². The first-order valence-electron chi connectivity index (χ1n) is 13.2. The molecule has 44 heavy (non-hydrogen) atoms. The summed E-state index contributed by atoms with van der Waals surface area (Å²) in [5.74, 6) is -1.52. The van der Waals surface area contributed by atoms with E-state index in [-0.39, 0.29) is 68.7 Å². The van der Waals surface area contributed by atoms with Crippen molar-refractivity contribution in [2.45, 2.75) is 26.2 Å². The predicted octanol–water partition coefficient (Wildman–Crippen LogP) is 4.21. The van der Waals surface area contributed by atoms with Crippen LogP contribution in [0.4, 0.5) is 4.39 Å². The maximum Gasteiger partial charge on any atom is 0.337 e. The fourth-order valence-corrected chi connectivity index (χ4v) is 4.08. The van der Waals surface area contributed by atoms with Crippen LogP contribution in [0.1, 0.15) is 53.6 Å². The quantitative estimate of drug-likeness (QED) is 0.127. The number of esters is 1. The Kier molecular flexibility index (Phi) is 13.8. The number of aromatic carboxylic acids is 1. The van der Waals surface area contributed by atoms with Crippen LogP contribution in [0.15, 0.2) is 97.8 Å². The monoisotopic (exact) mass is 622 g/mol. The minimum Gasteiger partial charge on any atom is -0.478 e. The van der Waals surface area contributed by atoms with Crippen LogP contribution in [0.3, 0.4) is 0 Å². The molecule has 221 valence electrons. The third kappa shape index (κ3) is 10.7. The number of hydrogen-bond acceptors (Lipinski definition) is 7. The van der Waals surface area contributed by atoms with Gasteiger partial charge in [-0.3, -0.25) is 4.79 Å². The molecule has 0 unspecified atom stereocenters. The van der Waals surface area contributed by atoms with Gasteiger partial charge >= 0.3 is 11.9 Å². The second-order valence-corrected chi connectivity index (χ2v) is 9.55. The van der Waals surface area contributed by atoms with E-state index in [9.17, 15) is 18.8 Å². The van der Waals surface area contributed by atoms with Gasteiger partial charge in [-0.15, -0.1) is 0 Å². The summed E-state index contributed by atoms with van der Waals surface area (Å²) >= 11 is 0. The molecule has 5 rings (SSSR count). The number of carboxylic acid groups (broad SMARTS) is 1. The molecule has 0 aliphatic carbocycles. The molecule has 0 aliphatic rings. The molecule has 2 aromatic heterocycles. The van der Waals surface area contributed by atoms with E-state index in [4.69, 9.17) is 5.11 Å². The summed E-state index contributed by atoms with van der Waals surface area (Å²) in [5.41, 5.74) is 5.14. The average Bonchev–Trinajstić information content (AvgIpc) is 3.68. The number of rotatable bonds is 11. The molecular formula is C32H30FKN5O5. The summed E-state index contributed by atoms with van der Waals surface area (Å²) in [6.45, 7) is 2.49. The van der Waals surface area contributed by atoms with Gasteiger partial charge in [-0.05, 0) is 53.1 Å². The van der Waals surface area contributed by atoms with E-state index >= 15 is 0 Å². The maximum absolute atomic E-state index is 12.9. The third-order valence-corrected chi connectivity index (χ3v) is 6.32. The van der Waals surface area contributed by atoms with Crippen LogP contribution in [-0.2, 0) is 30.9 Å². The molecule has 2 N–H and O–H groups in total. The van der Waals surface area contributed by atoms with Gasteiger partial charge in [0, 0.05) is 90.0 Å². The normalized spacial score (nSPS) is 10.2. The van der Waals surface area contributed by atoms with Gasteiger partial charge in [0.1, 0.15) is 11.5 Å². The van der Waals surface area contributed by atoms with Crippen molar-refractivity contribution in [2.75, 3.05) is 7.11 Å². The first-order chi connectivity index (χ1) is 20.8. The molecule has 0 amide bonds. The smallest absolute Gasteiger partial charge is 0.337 e. The number of halogens is 1. The van der Waals surface area contributed by atoms with Crippen molar-refractivity contribution in [2.24, 2.45) is 0 Å². The molecule has 0 spiro atoms. The number of imidazole rings is 2. The zero-order valence-corrected chi connectivity index (χ0v) is 27.5. The summed E-state index contributed by atoms with van der Waals surface area (Å²) < 4.78 is 21.2. The number of aldehydes is 1. The van der Waals surface area contributed by atoms with Crippen molar-refractivity contribution in [3.8, 4) is 0 Å². The topological polar surface area (TPSA) is 128 Å². The zero-order valence-electron chi connectivity index (χ0n) is 24.4. The van der Waals surface area contributed by atoms with Crippen LogP contribution < -0.4 is 5.32 Å². The van der Waals surface area contributed by atoms with Gasteiger partial charge in [-0.1, -0.05) is 36.4 Å². The number of nitrogens with zero attached hydrogens (tertiary/aromatic N) is 4. The summed E-state index contributed by atoms with van der Waals surface area (Å²) in [6.07, 6.45) is 7.67. The summed E-state index contributed by atoms with van der Waals surface area (Å²) in [7, 11) is 1.35. The van der Waals surface area contributed by atoms with Crippen LogP contribution in [0.5, 0.6) is 0 Å². The molecule has 0 saturated carbocycles. The largest absolute Gasteiger partial charge is 0.478 e. The fourth-order valence-electron chi connectivity index (χ4n) is 4.08. The molecule has 0 saturated heterocycles. The van der Waals surface area contributed by atoms with Crippen LogP contribution in [-0.4, -0.2) is 101 Å². The number of carbonyl (C=O) groups excluding carboxylic acids is 2. The number of carboxylic acids is 1. The third-order valence-electron chi connectivity index (χ3n) is 6.32. The van der Waals surface area contributed by atoms with Crippen molar-refractivity contribution < 1.29 is 28.6 Å². The van der Waals surface area contributed by atoms with Crippen LogP contribution in [0.2, 0.25) is 0 Å². The van der Waals surface area contributed by atoms with Gasteiger partial charge in [0.15, 0.2) is 6.29 Å². The molecule has 0 atom stereocenters. The standard InChI is InChI=1S/C19H18FN3O2.C13H12N2O3.K/c20-17-7-3-14(4-8-17)9-21-10-18-12-23(13-22-18)11-15-1-5-16(6-2-15)19(24)25;1-18-13(17)11-4-2-10(3-5-11)6-15-7-12(8-16)14-9-15;/h1-8,12-13,21H,9-11H2,(H,24,25);2-5,7-9H,6H2,1H3;. The van der Waals surface area contributed by atoms with E-state index in [0.29, 0.717) is 43.7 Å². The second kappa shape index (κ2) is 17.5. The van der Waals surface area contributed by atoms with Gasteiger partial charge in [-0.25, -0.2) is 23.9 Å². The van der Waals surface area contributed by atoms with E-state index in [2.05, 4.69) is 20.0 Å². The van der Waals surface area contributed by atoms with E-state index in [1.807, 2.05) is 22.9 Å². The molecular weight excluding hydrogens is 592 g/mol. The van der Waals surface area contributed by atoms with Gasteiger partial charge in [0.05, 0.1) is 36.6 Å². The minimum atomic E-state index is -0.927. The molecule has 0 aliphatic heterocycles. The summed E-state index contributed by atoms with van der Waals surface area (Å²) in [5, 5.41) is 12.2. The number of aromatic nitrogens is 4. The number of methoxy groups -OCH3 is 1. The van der Waals surface area contributed by atoms with Crippen molar-refractivity contribution in [1.82, 2.24) is 24.4 Å². The Balaban J connectivity index is 0.000000247. The number of benzene rings is 3. The molecule has 1 radical (unpaired) electrons. The first-order valence-corrected chi connectivity index (χ1v) is 13.2. The predicted molar refractivity (Wildman–Crippen MR) is 162 cm³/mol. The number of carbonyl (C=O) groups is 3. The Hall–Kier alpha value is -3.78. The van der Waals surface area contributed by atoms with Gasteiger partial charge in [0.2, 0.25) is 0 Å². The molecule has 2 heterocycles. The Morgan fingerprint density at radius 1 is 0.818 bits per heavy atom. The van der Waals surface area contributed by atoms with Crippen LogP contribution in [0.25, 0.3) is 0 Å². The average molecular weight is 623 g/mol. The molecule has 10 nitrogen and oxygen atoms in total. The van der Waals surface area contributed by atoms with Crippen molar-refractivity contribution in [3.63, 3.8) is 0 Å². The van der Waals surface area contributed by atoms with E-state index in [1.54, 1.807) is 71.9 Å². The number of hydrogen-bond donors (Lipinski definition) is 2. The first kappa shape index (κ1) is 34.7. The van der Waals surface area contributed by atoms with Gasteiger partial charge < -0.3 is 24.3 Å². The van der Waals surface area contributed by atoms with E-state index in [1.165, 1.54) is 19.2 Å². The van der Waals surface area contributed by atoms with E-state index < -0.39 is 5.97 Å². The van der Waals surface area contributed by atoms with Crippen molar-refractivity contribution >= 4 is 69.6 Å². The Labute approximate surface area is 296 Å². The molecule has 0 bridgehead atoms. The Morgan fingerprint density at radius 2 is 1.36 bits per heavy atom. The Morgan fingerprint density at radius 3 is 1.91 bits per heavy atom. The number of nitrogens with one attached hydrogen (secondary N) is 1.